The Morgan fingerprint density at radius 1 is 1.18 bits per heavy atom. The van der Waals surface area contributed by atoms with Crippen LogP contribution in [0.4, 0.5) is 18.9 Å². The summed E-state index contributed by atoms with van der Waals surface area (Å²) in [5, 5.41) is 11.9. The van der Waals surface area contributed by atoms with Gasteiger partial charge in [-0.05, 0) is 29.1 Å². The van der Waals surface area contributed by atoms with Crippen molar-refractivity contribution < 1.29 is 27.5 Å². The van der Waals surface area contributed by atoms with Gasteiger partial charge >= 0.3 is 12.1 Å². The molecule has 0 radical (unpaired) electrons. The summed E-state index contributed by atoms with van der Waals surface area (Å²) < 4.78 is 48.3. The fraction of sp³-hybridized carbons (Fsp3) is 0.125. The lowest BCUT2D eigenvalue weighted by Gasteiger charge is -2.10. The van der Waals surface area contributed by atoms with Gasteiger partial charge < -0.3 is 10.1 Å². The first-order chi connectivity index (χ1) is 18.2. The molecule has 0 unspecified atom stereocenters. The van der Waals surface area contributed by atoms with Gasteiger partial charge in [-0.3, -0.25) is 9.48 Å². The predicted octanol–water partition coefficient (Wildman–Crippen LogP) is 5.41. The number of halogens is 4. The van der Waals surface area contributed by atoms with Crippen molar-refractivity contribution in [1.82, 2.24) is 24.4 Å². The average molecular weight is 561 g/mol. The number of thiophene rings is 1. The first kappa shape index (κ1) is 25.4. The number of aromatic nitrogens is 5. The van der Waals surface area contributed by atoms with E-state index in [0.29, 0.717) is 20.5 Å². The summed E-state index contributed by atoms with van der Waals surface area (Å²) in [5.41, 5.74) is -0.562. The average Bonchev–Trinajstić information content (AvgIpc) is 3.64. The van der Waals surface area contributed by atoms with Gasteiger partial charge in [-0.2, -0.15) is 23.4 Å². The molecule has 38 heavy (non-hydrogen) atoms. The first-order valence-corrected chi connectivity index (χ1v) is 12.1. The molecule has 0 bridgehead atoms. The van der Waals surface area contributed by atoms with Crippen molar-refractivity contribution in [2.75, 3.05) is 12.4 Å². The molecule has 0 aliphatic carbocycles. The summed E-state index contributed by atoms with van der Waals surface area (Å²) >= 11 is 7.53. The molecule has 0 aliphatic rings. The number of amides is 1. The van der Waals surface area contributed by atoms with Crippen LogP contribution in [0.5, 0.6) is 0 Å². The van der Waals surface area contributed by atoms with E-state index in [9.17, 15) is 22.8 Å². The Morgan fingerprint density at radius 2 is 1.97 bits per heavy atom. The standard InChI is InChI=1S/C24H16ClF3N6O3S/c1-37-23(36)15-6-3-2-5-13(15)11-33-12-14(10-29-33)30-22(35)20-19(25)21-31-16(17-7-4-8-38-17)9-18(24(26,27)28)34(21)32-20/h2-10,12H,11H2,1H3,(H,30,35). The smallest absolute Gasteiger partial charge is 0.433 e. The molecule has 4 heterocycles. The molecule has 5 aromatic rings. The maximum Gasteiger partial charge on any atom is 0.433 e. The van der Waals surface area contributed by atoms with E-state index in [1.165, 1.54) is 35.5 Å². The number of fused-ring (bicyclic) bond motifs is 1. The van der Waals surface area contributed by atoms with Crippen molar-refractivity contribution in [2.45, 2.75) is 12.7 Å². The third-order valence-electron chi connectivity index (χ3n) is 5.46. The van der Waals surface area contributed by atoms with E-state index in [0.717, 1.165) is 6.07 Å². The van der Waals surface area contributed by atoms with E-state index < -0.39 is 29.4 Å². The van der Waals surface area contributed by atoms with Crippen molar-refractivity contribution in [3.8, 4) is 10.6 Å². The molecule has 0 fully saturated rings. The molecule has 9 nitrogen and oxygen atoms in total. The normalized spacial score (nSPS) is 11.6. The van der Waals surface area contributed by atoms with E-state index >= 15 is 0 Å². The zero-order chi connectivity index (χ0) is 27.0. The maximum atomic E-state index is 13.8. The number of anilines is 1. The lowest BCUT2D eigenvalue weighted by Crippen LogP contribution is -2.15. The number of carbonyl (C=O) groups excluding carboxylic acids is 2. The van der Waals surface area contributed by atoms with Crippen molar-refractivity contribution in [3.63, 3.8) is 0 Å². The molecule has 5 rings (SSSR count). The Morgan fingerprint density at radius 3 is 2.68 bits per heavy atom. The Balaban J connectivity index is 1.43. The van der Waals surface area contributed by atoms with Crippen LogP contribution in [0, 0.1) is 0 Å². The number of benzene rings is 1. The number of nitrogens with zero attached hydrogens (tertiary/aromatic N) is 5. The highest BCUT2D eigenvalue weighted by molar-refractivity contribution is 7.13. The number of hydrogen-bond donors (Lipinski definition) is 1. The van der Waals surface area contributed by atoms with Crippen molar-refractivity contribution >= 4 is 46.1 Å². The van der Waals surface area contributed by atoms with Gasteiger partial charge in [-0.1, -0.05) is 35.9 Å². The molecule has 4 aromatic heterocycles. The predicted molar refractivity (Wildman–Crippen MR) is 133 cm³/mol. The SMILES string of the molecule is COC(=O)c1ccccc1Cn1cc(NC(=O)c2nn3c(C(F)(F)F)cc(-c4cccs4)nc3c2Cl)cn1. The number of methoxy groups -OCH3 is 1. The van der Waals surface area contributed by atoms with Crippen LogP contribution in [0.2, 0.25) is 5.02 Å². The summed E-state index contributed by atoms with van der Waals surface area (Å²) in [5.74, 6) is -1.35. The van der Waals surface area contributed by atoms with E-state index in [2.05, 4.69) is 20.5 Å². The molecule has 0 saturated heterocycles. The lowest BCUT2D eigenvalue weighted by atomic mass is 10.1. The van der Waals surface area contributed by atoms with Crippen LogP contribution >= 0.6 is 22.9 Å². The minimum absolute atomic E-state index is 0.0575. The summed E-state index contributed by atoms with van der Waals surface area (Å²) in [4.78, 5) is 29.7. The summed E-state index contributed by atoms with van der Waals surface area (Å²) in [6.45, 7) is 0.195. The fourth-order valence-corrected chi connectivity index (χ4v) is 4.67. The Bertz CT molecular complexity index is 1660. The molecule has 0 saturated carbocycles. The summed E-state index contributed by atoms with van der Waals surface area (Å²) in [6.07, 6.45) is -1.95. The number of carbonyl (C=O) groups is 2. The highest BCUT2D eigenvalue weighted by Gasteiger charge is 2.37. The van der Waals surface area contributed by atoms with Crippen LogP contribution in [-0.2, 0) is 17.5 Å². The number of nitrogens with one attached hydrogen (secondary N) is 1. The highest BCUT2D eigenvalue weighted by atomic mass is 35.5. The third-order valence-corrected chi connectivity index (χ3v) is 6.70. The second-order valence-electron chi connectivity index (χ2n) is 7.93. The van der Waals surface area contributed by atoms with Gasteiger partial charge in [0.25, 0.3) is 5.91 Å². The van der Waals surface area contributed by atoms with Crippen molar-refractivity contribution in [2.24, 2.45) is 0 Å². The second-order valence-corrected chi connectivity index (χ2v) is 9.25. The molecule has 0 aliphatic heterocycles. The number of ether oxygens (including phenoxy) is 1. The van der Waals surface area contributed by atoms with Crippen LogP contribution in [0.1, 0.15) is 32.1 Å². The van der Waals surface area contributed by atoms with Gasteiger partial charge in [0.2, 0.25) is 0 Å². The molecule has 14 heteroatoms. The van der Waals surface area contributed by atoms with Crippen LogP contribution in [0.25, 0.3) is 16.2 Å². The minimum atomic E-state index is -4.78. The molecule has 1 N–H and O–H groups in total. The van der Waals surface area contributed by atoms with Crippen LogP contribution < -0.4 is 5.32 Å². The first-order valence-electron chi connectivity index (χ1n) is 10.9. The van der Waals surface area contributed by atoms with Gasteiger partial charge in [0.05, 0.1) is 41.7 Å². The van der Waals surface area contributed by atoms with Crippen molar-refractivity contribution in [3.05, 3.63) is 87.8 Å². The fourth-order valence-electron chi connectivity index (χ4n) is 3.74. The van der Waals surface area contributed by atoms with Gasteiger partial charge in [-0.15, -0.1) is 11.3 Å². The summed E-state index contributed by atoms with van der Waals surface area (Å²) in [7, 11) is 1.28. The van der Waals surface area contributed by atoms with Crippen LogP contribution in [0.3, 0.4) is 0 Å². The van der Waals surface area contributed by atoms with E-state index in [1.807, 2.05) is 0 Å². The number of rotatable bonds is 6. The molecular formula is C24H16ClF3N6O3S. The largest absolute Gasteiger partial charge is 0.465 e. The van der Waals surface area contributed by atoms with Gasteiger partial charge in [-0.25, -0.2) is 14.3 Å². The number of hydrogen-bond acceptors (Lipinski definition) is 7. The topological polar surface area (TPSA) is 103 Å². The zero-order valence-electron chi connectivity index (χ0n) is 19.4. The second kappa shape index (κ2) is 9.91. The maximum absolute atomic E-state index is 13.8. The Hall–Kier alpha value is -4.23. The Kier molecular flexibility index (Phi) is 6.63. The van der Waals surface area contributed by atoms with E-state index in [-0.39, 0.29) is 28.6 Å². The zero-order valence-corrected chi connectivity index (χ0v) is 20.9. The number of esters is 1. The molecule has 0 spiro atoms. The monoisotopic (exact) mass is 560 g/mol. The van der Waals surface area contributed by atoms with E-state index in [1.54, 1.807) is 41.8 Å². The van der Waals surface area contributed by atoms with Gasteiger partial charge in [0, 0.05) is 6.20 Å². The van der Waals surface area contributed by atoms with Crippen LogP contribution in [-0.4, -0.2) is 43.4 Å². The molecule has 194 valence electrons. The number of alkyl halides is 3. The molecule has 1 amide bonds. The molecule has 0 atom stereocenters. The Labute approximate surface area is 221 Å². The van der Waals surface area contributed by atoms with E-state index in [4.69, 9.17) is 16.3 Å². The lowest BCUT2D eigenvalue weighted by molar-refractivity contribution is -0.142. The molecular weight excluding hydrogens is 545 g/mol. The van der Waals surface area contributed by atoms with Crippen molar-refractivity contribution in [1.29, 1.82) is 0 Å². The summed E-state index contributed by atoms with van der Waals surface area (Å²) in [6, 6.07) is 11.0. The highest BCUT2D eigenvalue weighted by Crippen LogP contribution is 2.35. The van der Waals surface area contributed by atoms with Gasteiger partial charge in [0.1, 0.15) is 5.02 Å². The quantitative estimate of drug-likeness (QED) is 0.278. The third kappa shape index (κ3) is 4.85. The van der Waals surface area contributed by atoms with Crippen LogP contribution in [0.15, 0.2) is 60.2 Å². The minimum Gasteiger partial charge on any atom is -0.465 e. The van der Waals surface area contributed by atoms with Gasteiger partial charge in [0.15, 0.2) is 17.0 Å². The molecule has 1 aromatic carbocycles.